The number of quaternary nitrogens is 2. The lowest BCUT2D eigenvalue weighted by atomic mass is 10.0. The molecule has 1 N–H and O–H groups in total. The Hall–Kier alpha value is 0.170. The largest absolute Gasteiger partial charge is 1.00 e. The van der Waals surface area contributed by atoms with Gasteiger partial charge in [0.1, 0.15) is 0 Å². The smallest absolute Gasteiger partial charge is 0.0777 e. The molecule has 236 valence electrons. The second kappa shape index (κ2) is 35.2. The zero-order chi connectivity index (χ0) is 28.7. The normalized spacial score (nSPS) is 11.2. The average molecular weight is 564 g/mol. The Morgan fingerprint density at radius 1 is 0.342 bits per heavy atom. The van der Waals surface area contributed by atoms with Gasteiger partial charge >= 0.3 is 0 Å². The summed E-state index contributed by atoms with van der Waals surface area (Å²) >= 11 is 0. The molecule has 0 rings (SSSR count). The number of hydrogen-bond acceptors (Lipinski definition) is 0. The molecular formula is C34H78ClN3. The van der Waals surface area contributed by atoms with Crippen LogP contribution < -0.4 is 12.4 Å². The van der Waals surface area contributed by atoms with E-state index in [1.54, 1.807) is 0 Å². The van der Waals surface area contributed by atoms with Crippen molar-refractivity contribution < 1.29 is 21.4 Å². The summed E-state index contributed by atoms with van der Waals surface area (Å²) in [6.45, 7) is 9.90. The van der Waals surface area contributed by atoms with E-state index >= 15 is 0 Å². The third-order valence-corrected chi connectivity index (χ3v) is 6.82. The van der Waals surface area contributed by atoms with E-state index in [0.29, 0.717) is 6.54 Å². The summed E-state index contributed by atoms with van der Waals surface area (Å²) in [4.78, 5) is 0. The van der Waals surface area contributed by atoms with Gasteiger partial charge in [0.2, 0.25) is 0 Å². The summed E-state index contributed by atoms with van der Waals surface area (Å²) in [5.41, 5.74) is 7.11. The van der Waals surface area contributed by atoms with Crippen LogP contribution in [0.2, 0.25) is 0 Å². The van der Waals surface area contributed by atoms with E-state index in [4.69, 9.17) is 5.73 Å². The Labute approximate surface area is 250 Å². The number of hydrogen-bond donors (Lipinski definition) is 0. The maximum atomic E-state index is 7.11. The standard InChI is InChI=1S/C22H46N.2C6H16N.ClH/c1-2-3-4-5-6-7-8-9-10-11-12-13-14-15-16-17-18-19-20-21-22-23;2*1-5-6-7(2,3)4;/h23H,2-22H2,1H3;2*5-6H2,1-4H3;1H/q-1;2*+1;/p-1. The molecule has 0 saturated heterocycles. The van der Waals surface area contributed by atoms with Crippen LogP contribution in [0.4, 0.5) is 0 Å². The minimum Gasteiger partial charge on any atom is -1.00 e. The molecule has 0 aliphatic rings. The first-order valence-corrected chi connectivity index (χ1v) is 16.8. The molecule has 0 heterocycles. The van der Waals surface area contributed by atoms with Gasteiger partial charge in [-0.2, -0.15) is 6.54 Å². The second-order valence-electron chi connectivity index (χ2n) is 13.5. The van der Waals surface area contributed by atoms with Gasteiger partial charge in [-0.25, -0.2) is 0 Å². The molecule has 3 nitrogen and oxygen atoms in total. The Kier molecular flexibility index (Phi) is 41.8. The fraction of sp³-hybridized carbons (Fsp3) is 1.00. The van der Waals surface area contributed by atoms with Gasteiger partial charge in [-0.15, -0.1) is 0 Å². The summed E-state index contributed by atoms with van der Waals surface area (Å²) in [6.07, 6.45) is 31.0. The predicted octanol–water partition coefficient (Wildman–Crippen LogP) is 8.07. The molecule has 0 aromatic carbocycles. The van der Waals surface area contributed by atoms with Crippen molar-refractivity contribution >= 4 is 0 Å². The highest BCUT2D eigenvalue weighted by Crippen LogP contribution is 2.14. The second-order valence-corrected chi connectivity index (χ2v) is 13.5. The lowest BCUT2D eigenvalue weighted by molar-refractivity contribution is -0.870. The van der Waals surface area contributed by atoms with Crippen molar-refractivity contribution in [3.63, 3.8) is 0 Å². The van der Waals surface area contributed by atoms with Gasteiger partial charge in [0.25, 0.3) is 0 Å². The van der Waals surface area contributed by atoms with Crippen molar-refractivity contribution in [2.45, 2.75) is 162 Å². The zero-order valence-electron chi connectivity index (χ0n) is 28.5. The lowest BCUT2D eigenvalue weighted by Gasteiger charge is -2.22. The van der Waals surface area contributed by atoms with Gasteiger partial charge in [-0.05, 0) is 12.8 Å². The molecule has 0 unspecified atom stereocenters. The summed E-state index contributed by atoms with van der Waals surface area (Å²) in [6, 6.07) is 0. The first kappa shape index (κ1) is 45.2. The maximum absolute atomic E-state index is 7.11. The van der Waals surface area contributed by atoms with Gasteiger partial charge in [0.05, 0.1) is 55.4 Å². The molecule has 0 fully saturated rings. The Balaban J connectivity index is -0.000000315. The van der Waals surface area contributed by atoms with Crippen LogP contribution in [-0.2, 0) is 0 Å². The number of rotatable bonds is 24. The minimum absolute atomic E-state index is 0. The van der Waals surface area contributed by atoms with Gasteiger partial charge in [0, 0.05) is 0 Å². The third kappa shape index (κ3) is 56.4. The molecule has 0 atom stereocenters. The van der Waals surface area contributed by atoms with Crippen LogP contribution in [0.3, 0.4) is 0 Å². The average Bonchev–Trinajstić information content (AvgIpc) is 2.80. The zero-order valence-corrected chi connectivity index (χ0v) is 29.2. The van der Waals surface area contributed by atoms with Gasteiger partial charge in [-0.3, -0.25) is 0 Å². The van der Waals surface area contributed by atoms with Crippen LogP contribution >= 0.6 is 0 Å². The van der Waals surface area contributed by atoms with Gasteiger partial charge in [-0.1, -0.05) is 149 Å². The summed E-state index contributed by atoms with van der Waals surface area (Å²) < 4.78 is 2.19. The summed E-state index contributed by atoms with van der Waals surface area (Å²) in [7, 11) is 13.3. The number of nitrogens with one attached hydrogen (secondary N) is 1. The van der Waals surface area contributed by atoms with Crippen molar-refractivity contribution in [2.75, 3.05) is 61.9 Å². The Morgan fingerprint density at radius 2 is 0.553 bits per heavy atom. The molecule has 0 aliphatic carbocycles. The molecule has 0 spiro atoms. The molecule has 0 aliphatic heterocycles. The highest BCUT2D eigenvalue weighted by molar-refractivity contribution is 4.53. The topological polar surface area (TPSA) is 23.8 Å². The summed E-state index contributed by atoms with van der Waals surface area (Å²) in [5.74, 6) is 0. The number of nitrogens with zero attached hydrogens (tertiary/aromatic N) is 2. The quantitative estimate of drug-likeness (QED) is 0.0837. The minimum atomic E-state index is 0. The molecule has 0 bridgehead atoms. The summed E-state index contributed by atoms with van der Waals surface area (Å²) in [5, 5.41) is 0. The SMILES string of the molecule is CCCCCCCCCCCCCCCCCCCCCC[NH-].CCC[N+](C)(C)C.CCC[N+](C)(C)C.[Cl-]. The maximum Gasteiger partial charge on any atom is 0.0777 e. The Bertz CT molecular complexity index is 352. The van der Waals surface area contributed by atoms with E-state index in [9.17, 15) is 0 Å². The molecular weight excluding hydrogens is 486 g/mol. The van der Waals surface area contributed by atoms with Crippen molar-refractivity contribution in [3.8, 4) is 0 Å². The fourth-order valence-electron chi connectivity index (χ4n) is 4.72. The van der Waals surface area contributed by atoms with Crippen LogP contribution in [0, 0.1) is 0 Å². The van der Waals surface area contributed by atoms with E-state index in [0.717, 1.165) is 15.4 Å². The van der Waals surface area contributed by atoms with Crippen LogP contribution in [-0.4, -0.2) is 70.9 Å². The number of unbranched alkanes of at least 4 members (excludes halogenated alkanes) is 19. The molecule has 4 heteroatoms. The molecule has 0 amide bonds. The van der Waals surface area contributed by atoms with E-state index in [2.05, 4.69) is 63.1 Å². The first-order valence-electron chi connectivity index (χ1n) is 16.8. The van der Waals surface area contributed by atoms with E-state index in [1.807, 2.05) is 0 Å². The predicted molar refractivity (Wildman–Crippen MR) is 174 cm³/mol. The molecule has 0 aromatic heterocycles. The van der Waals surface area contributed by atoms with Crippen molar-refractivity contribution in [1.82, 2.24) is 0 Å². The molecule has 0 aromatic rings. The van der Waals surface area contributed by atoms with E-state index in [1.165, 1.54) is 148 Å². The van der Waals surface area contributed by atoms with Crippen LogP contribution in [0.15, 0.2) is 0 Å². The van der Waals surface area contributed by atoms with E-state index in [-0.39, 0.29) is 12.4 Å². The Morgan fingerprint density at radius 3 is 0.684 bits per heavy atom. The van der Waals surface area contributed by atoms with Crippen molar-refractivity contribution in [1.29, 1.82) is 0 Å². The van der Waals surface area contributed by atoms with Crippen molar-refractivity contribution in [2.24, 2.45) is 0 Å². The van der Waals surface area contributed by atoms with Crippen LogP contribution in [0.1, 0.15) is 162 Å². The van der Waals surface area contributed by atoms with E-state index < -0.39 is 0 Å². The van der Waals surface area contributed by atoms with Crippen LogP contribution in [0.25, 0.3) is 5.73 Å². The highest BCUT2D eigenvalue weighted by Gasteiger charge is 2.02. The van der Waals surface area contributed by atoms with Crippen molar-refractivity contribution in [3.05, 3.63) is 5.73 Å². The molecule has 0 radical (unpaired) electrons. The molecule has 38 heavy (non-hydrogen) atoms. The fourth-order valence-corrected chi connectivity index (χ4v) is 4.72. The highest BCUT2D eigenvalue weighted by atomic mass is 35.5. The van der Waals surface area contributed by atoms with Crippen LogP contribution in [0.5, 0.6) is 0 Å². The van der Waals surface area contributed by atoms with Gasteiger partial charge in [0.15, 0.2) is 0 Å². The lowest BCUT2D eigenvalue weighted by Crippen LogP contribution is -3.00. The monoisotopic (exact) mass is 564 g/mol. The molecule has 0 saturated carbocycles. The van der Waals surface area contributed by atoms with Gasteiger partial charge < -0.3 is 27.1 Å². The first-order chi connectivity index (χ1) is 17.5. The number of halogens is 1. The third-order valence-electron chi connectivity index (χ3n) is 6.82.